The lowest BCUT2D eigenvalue weighted by molar-refractivity contribution is 1.60. The summed E-state index contributed by atoms with van der Waals surface area (Å²) in [5.74, 6) is 0. The molecule has 0 saturated carbocycles. The fourth-order valence-corrected chi connectivity index (χ4v) is 6.97. The topological polar surface area (TPSA) is 0 Å². The van der Waals surface area contributed by atoms with E-state index in [1.165, 1.54) is 76.5 Å². The normalized spacial score (nSPS) is 11.4. The van der Waals surface area contributed by atoms with Gasteiger partial charge in [-0.3, -0.25) is 0 Å². The Morgan fingerprint density at radius 1 is 0.341 bits per heavy atom. The Bertz CT molecular complexity index is 2420. The Labute approximate surface area is 257 Å². The average Bonchev–Trinajstić information content (AvgIpc) is 3.09. The lowest BCUT2D eigenvalue weighted by atomic mass is 9.81. The van der Waals surface area contributed by atoms with Crippen molar-refractivity contribution in [2.24, 2.45) is 0 Å². The third kappa shape index (κ3) is 4.07. The van der Waals surface area contributed by atoms with Crippen molar-refractivity contribution in [2.75, 3.05) is 0 Å². The largest absolute Gasteiger partial charge is 0.0984 e. The summed E-state index contributed by atoms with van der Waals surface area (Å²) in [5, 5.41) is 9.84. The molecule has 0 amide bonds. The van der Waals surface area contributed by atoms with Crippen LogP contribution in [0.4, 0.5) is 0 Å². The van der Waals surface area contributed by atoms with Gasteiger partial charge in [0.1, 0.15) is 0 Å². The van der Waals surface area contributed by atoms with Crippen LogP contribution in [0.2, 0.25) is 0 Å². The second-order valence-electron chi connectivity index (χ2n) is 11.4. The molecule has 0 spiro atoms. The molecule has 0 atom stereocenters. The molecule has 0 radical (unpaired) electrons. The first-order valence-electron chi connectivity index (χ1n) is 15.1. The third-order valence-corrected chi connectivity index (χ3v) is 8.99. The first-order chi connectivity index (χ1) is 21.7. The Hall–Kier alpha value is -5.72. The predicted octanol–water partition coefficient (Wildman–Crippen LogP) is 12.6. The summed E-state index contributed by atoms with van der Waals surface area (Å²) in [6.07, 6.45) is 4.01. The summed E-state index contributed by atoms with van der Waals surface area (Å²) in [7, 11) is 0. The minimum absolute atomic E-state index is 1.10. The molecule has 0 bridgehead atoms. The summed E-state index contributed by atoms with van der Waals surface area (Å²) < 4.78 is 0. The van der Waals surface area contributed by atoms with Crippen LogP contribution in [0, 0.1) is 0 Å². The van der Waals surface area contributed by atoms with Crippen molar-refractivity contribution in [3.8, 4) is 33.4 Å². The first-order valence-corrected chi connectivity index (χ1v) is 15.1. The Morgan fingerprint density at radius 3 is 1.39 bits per heavy atom. The van der Waals surface area contributed by atoms with Crippen molar-refractivity contribution in [1.29, 1.82) is 0 Å². The highest BCUT2D eigenvalue weighted by molar-refractivity contribution is 6.16. The van der Waals surface area contributed by atoms with E-state index in [9.17, 15) is 0 Å². The van der Waals surface area contributed by atoms with E-state index < -0.39 is 0 Å². The number of fused-ring (bicyclic) bond motifs is 4. The molecule has 0 aromatic heterocycles. The van der Waals surface area contributed by atoms with Gasteiger partial charge in [-0.2, -0.15) is 0 Å². The molecule has 8 aromatic carbocycles. The second-order valence-corrected chi connectivity index (χ2v) is 11.4. The number of rotatable bonds is 5. The van der Waals surface area contributed by atoms with Crippen molar-refractivity contribution in [1.82, 2.24) is 0 Å². The number of benzene rings is 8. The second kappa shape index (κ2) is 10.5. The van der Waals surface area contributed by atoms with Crippen LogP contribution in [-0.4, -0.2) is 0 Å². The first kappa shape index (κ1) is 25.9. The molecule has 8 aromatic rings. The summed E-state index contributed by atoms with van der Waals surface area (Å²) in [6.45, 7) is 8.67. The molecule has 0 fully saturated rings. The van der Waals surface area contributed by atoms with Crippen LogP contribution >= 0.6 is 0 Å². The Kier molecular flexibility index (Phi) is 6.21. The van der Waals surface area contributed by atoms with E-state index in [0.29, 0.717) is 0 Å². The van der Waals surface area contributed by atoms with Gasteiger partial charge in [-0.05, 0) is 99.7 Å². The molecule has 0 aliphatic carbocycles. The molecule has 0 heterocycles. The number of hydrogen-bond acceptors (Lipinski definition) is 0. The minimum Gasteiger partial charge on any atom is -0.0984 e. The van der Waals surface area contributed by atoms with Crippen molar-refractivity contribution in [2.45, 2.75) is 0 Å². The van der Waals surface area contributed by atoms with E-state index in [1.54, 1.807) is 0 Å². The molecular formula is C44H30. The fraction of sp³-hybridized carbons (Fsp3) is 0. The highest BCUT2D eigenvalue weighted by atomic mass is 14.2. The molecule has 0 unspecified atom stereocenters. The summed E-state index contributed by atoms with van der Waals surface area (Å²) in [5.41, 5.74) is 9.42. The zero-order chi connectivity index (χ0) is 29.6. The maximum absolute atomic E-state index is 4.34. The zero-order valence-corrected chi connectivity index (χ0v) is 24.4. The molecular weight excluding hydrogens is 528 g/mol. The van der Waals surface area contributed by atoms with E-state index in [4.69, 9.17) is 0 Å². The van der Waals surface area contributed by atoms with E-state index in [-0.39, 0.29) is 0 Å². The van der Waals surface area contributed by atoms with Gasteiger partial charge in [0.05, 0.1) is 0 Å². The summed E-state index contributed by atoms with van der Waals surface area (Å²) in [4.78, 5) is 0. The van der Waals surface area contributed by atoms with Crippen molar-refractivity contribution in [3.05, 3.63) is 170 Å². The minimum atomic E-state index is 1.10. The van der Waals surface area contributed by atoms with Gasteiger partial charge in [0, 0.05) is 0 Å². The van der Waals surface area contributed by atoms with Gasteiger partial charge in [0.15, 0.2) is 0 Å². The molecule has 0 nitrogen and oxygen atoms in total. The monoisotopic (exact) mass is 558 g/mol. The van der Waals surface area contributed by atoms with Crippen LogP contribution in [0.25, 0.3) is 88.6 Å². The molecule has 0 saturated heterocycles. The van der Waals surface area contributed by atoms with Crippen LogP contribution in [0.5, 0.6) is 0 Å². The predicted molar refractivity (Wildman–Crippen MR) is 193 cm³/mol. The lowest BCUT2D eigenvalue weighted by Gasteiger charge is -2.22. The lowest BCUT2D eigenvalue weighted by Crippen LogP contribution is -1.97. The quantitative estimate of drug-likeness (QED) is 0.197. The smallest absolute Gasteiger partial charge is 0.00203 e. The van der Waals surface area contributed by atoms with Crippen LogP contribution in [0.1, 0.15) is 11.1 Å². The van der Waals surface area contributed by atoms with Crippen LogP contribution in [-0.2, 0) is 0 Å². The fourth-order valence-electron chi connectivity index (χ4n) is 6.97. The maximum Gasteiger partial charge on any atom is -0.00203 e. The van der Waals surface area contributed by atoms with Crippen molar-refractivity contribution < 1.29 is 0 Å². The zero-order valence-electron chi connectivity index (χ0n) is 24.4. The maximum atomic E-state index is 4.34. The SMILES string of the molecule is C=Cc1c(C=C)c(-c2ccc(-c3ccc4ccccc4c3)c3ccccc23)c2ccccc2c1-c1ccc2ccccc2c1. The molecule has 44 heavy (non-hydrogen) atoms. The van der Waals surface area contributed by atoms with Gasteiger partial charge >= 0.3 is 0 Å². The molecule has 206 valence electrons. The van der Waals surface area contributed by atoms with E-state index in [2.05, 4.69) is 159 Å². The average molecular weight is 559 g/mol. The Morgan fingerprint density at radius 2 is 0.773 bits per heavy atom. The molecule has 0 aliphatic rings. The molecule has 0 aliphatic heterocycles. The van der Waals surface area contributed by atoms with Gasteiger partial charge in [0.25, 0.3) is 0 Å². The van der Waals surface area contributed by atoms with Gasteiger partial charge in [-0.15, -0.1) is 0 Å². The Balaban J connectivity index is 1.42. The summed E-state index contributed by atoms with van der Waals surface area (Å²) in [6, 6.07) is 52.7. The number of hydrogen-bond donors (Lipinski definition) is 0. The third-order valence-electron chi connectivity index (χ3n) is 8.99. The standard InChI is InChI=1S/C44H30/c1-3-35-36(4-2)44(41-20-12-11-19-40(41)43(35)34-24-22-30-14-6-8-16-32(30)28-34)42-26-25-37(38-17-9-10-18-39(38)42)33-23-21-29-13-5-7-15-31(29)27-33/h3-28H,1-2H2. The van der Waals surface area contributed by atoms with E-state index >= 15 is 0 Å². The van der Waals surface area contributed by atoms with Crippen molar-refractivity contribution in [3.63, 3.8) is 0 Å². The van der Waals surface area contributed by atoms with E-state index in [0.717, 1.165) is 11.1 Å². The van der Waals surface area contributed by atoms with Gasteiger partial charge in [-0.25, -0.2) is 0 Å². The van der Waals surface area contributed by atoms with Crippen LogP contribution in [0.3, 0.4) is 0 Å². The molecule has 0 heteroatoms. The van der Waals surface area contributed by atoms with Gasteiger partial charge in [-0.1, -0.05) is 159 Å². The van der Waals surface area contributed by atoms with Gasteiger partial charge < -0.3 is 0 Å². The highest BCUT2D eigenvalue weighted by Gasteiger charge is 2.21. The van der Waals surface area contributed by atoms with Crippen molar-refractivity contribution >= 4 is 55.2 Å². The van der Waals surface area contributed by atoms with Gasteiger partial charge in [0.2, 0.25) is 0 Å². The summed E-state index contributed by atoms with van der Waals surface area (Å²) >= 11 is 0. The highest BCUT2D eigenvalue weighted by Crippen LogP contribution is 2.46. The molecule has 8 rings (SSSR count). The van der Waals surface area contributed by atoms with Crippen LogP contribution in [0.15, 0.2) is 159 Å². The van der Waals surface area contributed by atoms with E-state index in [1.807, 2.05) is 12.2 Å². The molecule has 0 N–H and O–H groups in total. The van der Waals surface area contributed by atoms with Crippen LogP contribution < -0.4 is 0 Å².